The number of aromatic nitrogens is 1. The summed E-state index contributed by atoms with van der Waals surface area (Å²) >= 11 is 0. The van der Waals surface area contributed by atoms with Gasteiger partial charge in [0, 0.05) is 25.3 Å². The molecule has 1 saturated heterocycles. The quantitative estimate of drug-likeness (QED) is 0.768. The molecule has 17 heavy (non-hydrogen) atoms. The van der Waals surface area contributed by atoms with E-state index < -0.39 is 0 Å². The summed E-state index contributed by atoms with van der Waals surface area (Å²) in [6.07, 6.45) is 3.74. The van der Waals surface area contributed by atoms with Gasteiger partial charge in [-0.05, 0) is 25.0 Å². The van der Waals surface area contributed by atoms with Gasteiger partial charge in [-0.3, -0.25) is 0 Å². The van der Waals surface area contributed by atoms with Gasteiger partial charge in [0.15, 0.2) is 0 Å². The number of piperidine rings is 1. The summed E-state index contributed by atoms with van der Waals surface area (Å²) in [5.74, 6) is 0.456. The summed E-state index contributed by atoms with van der Waals surface area (Å²) in [6.45, 7) is 1.73. The third-order valence-electron chi connectivity index (χ3n) is 2.95. The summed E-state index contributed by atoms with van der Waals surface area (Å²) < 4.78 is 4.69. The third-order valence-corrected chi connectivity index (χ3v) is 2.95. The maximum Gasteiger partial charge on any atom is 0.338 e. The monoisotopic (exact) mass is 235 g/mol. The number of methoxy groups -OCH3 is 1. The molecule has 0 saturated carbocycles. The molecule has 1 aromatic heterocycles. The lowest BCUT2D eigenvalue weighted by molar-refractivity contribution is 0.0600. The smallest absolute Gasteiger partial charge is 0.338 e. The molecule has 0 radical (unpaired) electrons. The van der Waals surface area contributed by atoms with Crippen molar-refractivity contribution in [3.8, 4) is 0 Å². The number of nitrogens with two attached hydrogens (primary N) is 1. The third kappa shape index (κ3) is 2.74. The van der Waals surface area contributed by atoms with E-state index in [9.17, 15) is 4.79 Å². The lowest BCUT2D eigenvalue weighted by Gasteiger charge is -2.31. The number of carbonyl (C=O) groups excluding carboxylic acids is 1. The minimum Gasteiger partial charge on any atom is -0.465 e. The van der Waals surface area contributed by atoms with Gasteiger partial charge in [0.25, 0.3) is 0 Å². The van der Waals surface area contributed by atoms with E-state index in [1.807, 2.05) is 0 Å². The van der Waals surface area contributed by atoms with Crippen LogP contribution in [-0.2, 0) is 4.74 Å². The first-order valence-corrected chi connectivity index (χ1v) is 5.75. The van der Waals surface area contributed by atoms with Crippen molar-refractivity contribution in [2.45, 2.75) is 18.9 Å². The van der Waals surface area contributed by atoms with Crippen LogP contribution >= 0.6 is 0 Å². The molecule has 1 aliphatic heterocycles. The zero-order valence-corrected chi connectivity index (χ0v) is 9.93. The van der Waals surface area contributed by atoms with Crippen LogP contribution in [0.4, 0.5) is 5.82 Å². The minimum atomic E-state index is -0.338. The van der Waals surface area contributed by atoms with E-state index in [4.69, 9.17) is 5.73 Å². The number of hydrogen-bond donors (Lipinski definition) is 1. The molecule has 0 bridgehead atoms. The van der Waals surface area contributed by atoms with E-state index >= 15 is 0 Å². The Labute approximate surface area is 101 Å². The highest BCUT2D eigenvalue weighted by molar-refractivity contribution is 5.90. The number of rotatable bonds is 2. The number of pyridine rings is 1. The van der Waals surface area contributed by atoms with Gasteiger partial charge in [-0.15, -0.1) is 0 Å². The van der Waals surface area contributed by atoms with E-state index in [2.05, 4.69) is 14.6 Å². The number of anilines is 1. The Kier molecular flexibility index (Phi) is 3.58. The molecule has 0 unspecified atom stereocenters. The van der Waals surface area contributed by atoms with Crippen molar-refractivity contribution in [2.24, 2.45) is 5.73 Å². The molecule has 92 valence electrons. The van der Waals surface area contributed by atoms with E-state index in [1.165, 1.54) is 7.11 Å². The molecular formula is C12H17N3O2. The molecular weight excluding hydrogens is 218 g/mol. The van der Waals surface area contributed by atoms with E-state index in [0.717, 1.165) is 31.7 Å². The number of ether oxygens (including phenoxy) is 1. The average molecular weight is 235 g/mol. The van der Waals surface area contributed by atoms with Crippen LogP contribution in [-0.4, -0.2) is 37.2 Å². The van der Waals surface area contributed by atoms with Crippen molar-refractivity contribution in [3.63, 3.8) is 0 Å². The van der Waals surface area contributed by atoms with Gasteiger partial charge < -0.3 is 15.4 Å². The summed E-state index contributed by atoms with van der Waals surface area (Å²) in [5.41, 5.74) is 6.45. The number of hydrogen-bond acceptors (Lipinski definition) is 5. The second kappa shape index (κ2) is 5.14. The Hall–Kier alpha value is -1.62. The first-order chi connectivity index (χ1) is 8.20. The molecule has 0 aliphatic carbocycles. The summed E-state index contributed by atoms with van der Waals surface area (Å²) in [5, 5.41) is 0. The standard InChI is InChI=1S/C12H17N3O2/c1-17-12(16)9-4-5-14-11(7-9)15-6-2-3-10(13)8-15/h4-5,7,10H,2-3,6,8,13H2,1H3/t10-/m1/s1. The molecule has 5 heteroatoms. The van der Waals surface area contributed by atoms with Crippen LogP contribution in [0.3, 0.4) is 0 Å². The number of esters is 1. The van der Waals surface area contributed by atoms with Crippen LogP contribution in [0.25, 0.3) is 0 Å². The molecule has 1 atom stereocenters. The van der Waals surface area contributed by atoms with Crippen LogP contribution in [0.5, 0.6) is 0 Å². The van der Waals surface area contributed by atoms with Crippen LogP contribution in [0.2, 0.25) is 0 Å². The number of carbonyl (C=O) groups is 1. The Balaban J connectivity index is 2.17. The fourth-order valence-corrected chi connectivity index (χ4v) is 2.05. The summed E-state index contributed by atoms with van der Waals surface area (Å²) in [6, 6.07) is 3.59. The van der Waals surface area contributed by atoms with Crippen molar-refractivity contribution in [1.82, 2.24) is 4.98 Å². The van der Waals surface area contributed by atoms with Gasteiger partial charge >= 0.3 is 5.97 Å². The topological polar surface area (TPSA) is 68.5 Å². The Morgan fingerprint density at radius 3 is 3.18 bits per heavy atom. The van der Waals surface area contributed by atoms with Gasteiger partial charge in [0.05, 0.1) is 12.7 Å². The molecule has 5 nitrogen and oxygen atoms in total. The fraction of sp³-hybridized carbons (Fsp3) is 0.500. The maximum atomic E-state index is 11.4. The highest BCUT2D eigenvalue weighted by Gasteiger charge is 2.18. The first-order valence-electron chi connectivity index (χ1n) is 5.75. The molecule has 2 N–H and O–H groups in total. The van der Waals surface area contributed by atoms with Crippen molar-refractivity contribution >= 4 is 11.8 Å². The Bertz CT molecular complexity index is 408. The zero-order chi connectivity index (χ0) is 12.3. The van der Waals surface area contributed by atoms with E-state index in [-0.39, 0.29) is 12.0 Å². The van der Waals surface area contributed by atoms with Crippen molar-refractivity contribution in [2.75, 3.05) is 25.1 Å². The van der Waals surface area contributed by atoms with Gasteiger partial charge in [-0.25, -0.2) is 9.78 Å². The average Bonchev–Trinajstić information content (AvgIpc) is 2.38. The first kappa shape index (κ1) is 11.9. The molecule has 2 heterocycles. The van der Waals surface area contributed by atoms with Crippen molar-refractivity contribution in [3.05, 3.63) is 23.9 Å². The van der Waals surface area contributed by atoms with Gasteiger partial charge in [0.2, 0.25) is 0 Å². The Morgan fingerprint density at radius 1 is 1.65 bits per heavy atom. The molecule has 2 rings (SSSR count). The van der Waals surface area contributed by atoms with Gasteiger partial charge in [-0.1, -0.05) is 0 Å². The van der Waals surface area contributed by atoms with Crippen molar-refractivity contribution in [1.29, 1.82) is 0 Å². The molecule has 0 amide bonds. The lowest BCUT2D eigenvalue weighted by Crippen LogP contribution is -2.43. The molecule has 0 aromatic carbocycles. The van der Waals surface area contributed by atoms with Crippen LogP contribution in [0.15, 0.2) is 18.3 Å². The molecule has 1 fully saturated rings. The number of nitrogens with zero attached hydrogens (tertiary/aromatic N) is 2. The normalized spacial score (nSPS) is 20.1. The highest BCUT2D eigenvalue weighted by Crippen LogP contribution is 2.18. The van der Waals surface area contributed by atoms with Gasteiger partial charge in [-0.2, -0.15) is 0 Å². The molecule has 0 spiro atoms. The van der Waals surface area contributed by atoms with E-state index in [1.54, 1.807) is 18.3 Å². The second-order valence-corrected chi connectivity index (χ2v) is 4.24. The maximum absolute atomic E-state index is 11.4. The molecule has 1 aromatic rings. The fourth-order valence-electron chi connectivity index (χ4n) is 2.05. The van der Waals surface area contributed by atoms with Crippen molar-refractivity contribution < 1.29 is 9.53 Å². The Morgan fingerprint density at radius 2 is 2.47 bits per heavy atom. The predicted octanol–water partition coefficient (Wildman–Crippen LogP) is 0.796. The highest BCUT2D eigenvalue weighted by atomic mass is 16.5. The summed E-state index contributed by atoms with van der Waals surface area (Å²) in [7, 11) is 1.37. The summed E-state index contributed by atoms with van der Waals surface area (Å²) in [4.78, 5) is 17.8. The molecule has 1 aliphatic rings. The lowest BCUT2D eigenvalue weighted by atomic mass is 10.1. The predicted molar refractivity (Wildman–Crippen MR) is 65.0 cm³/mol. The van der Waals surface area contributed by atoms with Gasteiger partial charge in [0.1, 0.15) is 5.82 Å². The van der Waals surface area contributed by atoms with Crippen LogP contribution in [0.1, 0.15) is 23.2 Å². The zero-order valence-electron chi connectivity index (χ0n) is 9.93. The second-order valence-electron chi connectivity index (χ2n) is 4.24. The SMILES string of the molecule is COC(=O)c1ccnc(N2CCC[C@@H](N)C2)c1. The minimum absolute atomic E-state index is 0.187. The van der Waals surface area contributed by atoms with Crippen LogP contribution < -0.4 is 10.6 Å². The van der Waals surface area contributed by atoms with E-state index in [0.29, 0.717) is 5.56 Å². The van der Waals surface area contributed by atoms with Crippen LogP contribution in [0, 0.1) is 0 Å². The largest absolute Gasteiger partial charge is 0.465 e.